The van der Waals surface area contributed by atoms with Gasteiger partial charge in [-0.05, 0) is 69.0 Å². The molecule has 0 bridgehead atoms. The molecule has 0 aliphatic rings. The molecule has 0 unspecified atom stereocenters. The lowest BCUT2D eigenvalue weighted by Gasteiger charge is -2.16. The molecule has 2 rings (SSSR count). The summed E-state index contributed by atoms with van der Waals surface area (Å²) < 4.78 is 23.0. The van der Waals surface area contributed by atoms with Gasteiger partial charge >= 0.3 is 11.9 Å². The van der Waals surface area contributed by atoms with Crippen molar-refractivity contribution in [2.75, 3.05) is 19.8 Å². The smallest absolute Gasteiger partial charge is 0.306 e. The number of halogens is 1. The molecule has 0 aromatic heterocycles. The Hall–Kier alpha value is -2.54. The van der Waals surface area contributed by atoms with Crippen LogP contribution < -0.4 is 9.47 Å². The van der Waals surface area contributed by atoms with Crippen LogP contribution in [0.25, 0.3) is 0 Å². The maximum Gasteiger partial charge on any atom is 0.306 e. The van der Waals surface area contributed by atoms with Crippen LogP contribution in [0, 0.1) is 6.92 Å². The highest BCUT2D eigenvalue weighted by atomic mass is 79.9. The zero-order valence-electron chi connectivity index (χ0n) is 18.9. The minimum absolute atomic E-state index is 0.231. The molecule has 0 radical (unpaired) electrons. The summed E-state index contributed by atoms with van der Waals surface area (Å²) in [7, 11) is 0. The summed E-state index contributed by atoms with van der Waals surface area (Å²) in [4.78, 5) is 23.5. The van der Waals surface area contributed by atoms with Crippen LogP contribution in [-0.4, -0.2) is 31.8 Å². The van der Waals surface area contributed by atoms with Crippen LogP contribution in [0.2, 0.25) is 0 Å². The van der Waals surface area contributed by atoms with Crippen molar-refractivity contribution in [2.45, 2.75) is 53.1 Å². The summed E-state index contributed by atoms with van der Waals surface area (Å²) in [6, 6.07) is 11.6. The molecule has 0 saturated carbocycles. The third-order valence-electron chi connectivity index (χ3n) is 4.61. The van der Waals surface area contributed by atoms with Crippen molar-refractivity contribution in [1.82, 2.24) is 0 Å². The highest BCUT2D eigenvalue weighted by Crippen LogP contribution is 2.27. The molecule has 0 spiro atoms. The minimum atomic E-state index is -0.251. The van der Waals surface area contributed by atoms with Gasteiger partial charge in [-0.15, -0.1) is 0 Å². The SMILES string of the molecule is CCOC(=O)CCCOc1cccc(COc2cc(C)cc(Br)c2)c1CCC(=O)OCC. The number of ether oxygens (including phenoxy) is 4. The first-order valence-corrected chi connectivity index (χ1v) is 11.7. The van der Waals surface area contributed by atoms with Crippen molar-refractivity contribution in [1.29, 1.82) is 0 Å². The Kier molecular flexibility index (Phi) is 11.1. The van der Waals surface area contributed by atoms with Crippen LogP contribution in [0.4, 0.5) is 0 Å². The van der Waals surface area contributed by atoms with E-state index in [-0.39, 0.29) is 18.4 Å². The normalized spacial score (nSPS) is 10.5. The van der Waals surface area contributed by atoms with Gasteiger partial charge < -0.3 is 18.9 Å². The molecule has 0 amide bonds. The van der Waals surface area contributed by atoms with Gasteiger partial charge in [-0.1, -0.05) is 28.1 Å². The molecule has 0 fully saturated rings. The Morgan fingerprint density at radius 2 is 1.66 bits per heavy atom. The fourth-order valence-electron chi connectivity index (χ4n) is 3.20. The third-order valence-corrected chi connectivity index (χ3v) is 5.07. The van der Waals surface area contributed by atoms with E-state index in [0.29, 0.717) is 51.4 Å². The minimum Gasteiger partial charge on any atom is -0.493 e. The molecule has 0 heterocycles. The van der Waals surface area contributed by atoms with Crippen LogP contribution in [0.3, 0.4) is 0 Å². The van der Waals surface area contributed by atoms with Crippen LogP contribution in [0.1, 0.15) is 49.8 Å². The molecule has 0 N–H and O–H groups in total. The Balaban J connectivity index is 2.11. The van der Waals surface area contributed by atoms with Gasteiger partial charge in [0.2, 0.25) is 0 Å². The van der Waals surface area contributed by atoms with Gasteiger partial charge in [-0.2, -0.15) is 0 Å². The molecule has 32 heavy (non-hydrogen) atoms. The third kappa shape index (κ3) is 8.91. The van der Waals surface area contributed by atoms with E-state index < -0.39 is 0 Å². The molecule has 174 valence electrons. The van der Waals surface area contributed by atoms with E-state index in [2.05, 4.69) is 15.9 Å². The molecule has 6 nitrogen and oxygen atoms in total. The molecular formula is C25H31BrO6. The van der Waals surface area contributed by atoms with E-state index in [0.717, 1.165) is 26.9 Å². The van der Waals surface area contributed by atoms with E-state index >= 15 is 0 Å². The average molecular weight is 507 g/mol. The number of hydrogen-bond acceptors (Lipinski definition) is 6. The molecule has 2 aromatic rings. The second-order valence-electron chi connectivity index (χ2n) is 7.21. The van der Waals surface area contributed by atoms with Crippen molar-refractivity contribution in [3.8, 4) is 11.5 Å². The van der Waals surface area contributed by atoms with Crippen molar-refractivity contribution in [3.05, 3.63) is 57.6 Å². The highest BCUT2D eigenvalue weighted by Gasteiger charge is 2.14. The van der Waals surface area contributed by atoms with Gasteiger partial charge in [0.25, 0.3) is 0 Å². The summed E-state index contributed by atoms with van der Waals surface area (Å²) in [6.45, 7) is 7.02. The molecule has 0 saturated heterocycles. The lowest BCUT2D eigenvalue weighted by atomic mass is 10.0. The average Bonchev–Trinajstić information content (AvgIpc) is 2.74. The van der Waals surface area contributed by atoms with E-state index in [1.807, 2.05) is 43.3 Å². The maximum atomic E-state index is 11.9. The second-order valence-corrected chi connectivity index (χ2v) is 8.12. The van der Waals surface area contributed by atoms with Crippen molar-refractivity contribution in [3.63, 3.8) is 0 Å². The first-order valence-electron chi connectivity index (χ1n) is 10.9. The Labute approximate surface area is 198 Å². The van der Waals surface area contributed by atoms with E-state index in [1.165, 1.54) is 0 Å². The predicted octanol–water partition coefficient (Wildman–Crippen LogP) is 5.55. The standard InChI is InChI=1S/C25H31BrO6/c1-4-29-24(27)10-7-13-31-23-9-6-8-19(22(23)11-12-25(28)30-5-2)17-32-21-15-18(3)14-20(26)16-21/h6,8-9,14-16H,4-5,7,10-13,17H2,1-3H3. The summed E-state index contributed by atoms with van der Waals surface area (Å²) in [5.74, 6) is 0.961. The van der Waals surface area contributed by atoms with Crippen LogP contribution >= 0.6 is 15.9 Å². The molecule has 0 aliphatic heterocycles. The lowest BCUT2D eigenvalue weighted by molar-refractivity contribution is -0.144. The monoisotopic (exact) mass is 506 g/mol. The van der Waals surface area contributed by atoms with Gasteiger partial charge in [0.05, 0.1) is 19.8 Å². The Morgan fingerprint density at radius 1 is 0.938 bits per heavy atom. The Morgan fingerprint density at radius 3 is 2.34 bits per heavy atom. The first kappa shape index (κ1) is 25.7. The van der Waals surface area contributed by atoms with E-state index in [1.54, 1.807) is 13.8 Å². The van der Waals surface area contributed by atoms with Gasteiger partial charge in [-0.3, -0.25) is 9.59 Å². The number of esters is 2. The highest BCUT2D eigenvalue weighted by molar-refractivity contribution is 9.10. The van der Waals surface area contributed by atoms with Crippen LogP contribution in [0.15, 0.2) is 40.9 Å². The van der Waals surface area contributed by atoms with E-state index in [4.69, 9.17) is 18.9 Å². The maximum absolute atomic E-state index is 11.9. The largest absolute Gasteiger partial charge is 0.493 e. The molecular weight excluding hydrogens is 476 g/mol. The van der Waals surface area contributed by atoms with Gasteiger partial charge in [0.1, 0.15) is 18.1 Å². The summed E-state index contributed by atoms with van der Waals surface area (Å²) in [5.41, 5.74) is 2.94. The van der Waals surface area contributed by atoms with Gasteiger partial charge in [0, 0.05) is 22.9 Å². The van der Waals surface area contributed by atoms with Crippen LogP contribution in [-0.2, 0) is 32.1 Å². The zero-order valence-corrected chi connectivity index (χ0v) is 20.5. The zero-order chi connectivity index (χ0) is 23.3. The van der Waals surface area contributed by atoms with Crippen molar-refractivity contribution >= 4 is 27.9 Å². The number of hydrogen-bond donors (Lipinski definition) is 0. The quantitative estimate of drug-likeness (QED) is 0.261. The topological polar surface area (TPSA) is 71.1 Å². The van der Waals surface area contributed by atoms with Crippen LogP contribution in [0.5, 0.6) is 11.5 Å². The summed E-state index contributed by atoms with van der Waals surface area (Å²) in [6.07, 6.45) is 1.58. The molecule has 0 aliphatic carbocycles. The van der Waals surface area contributed by atoms with Crippen molar-refractivity contribution < 1.29 is 28.5 Å². The fourth-order valence-corrected chi connectivity index (χ4v) is 3.79. The molecule has 7 heteroatoms. The van der Waals surface area contributed by atoms with E-state index in [9.17, 15) is 9.59 Å². The van der Waals surface area contributed by atoms with Gasteiger partial charge in [0.15, 0.2) is 0 Å². The van der Waals surface area contributed by atoms with Crippen molar-refractivity contribution in [2.24, 2.45) is 0 Å². The van der Waals surface area contributed by atoms with Gasteiger partial charge in [-0.25, -0.2) is 0 Å². The number of aryl methyl sites for hydroxylation is 1. The first-order chi connectivity index (χ1) is 15.4. The number of benzene rings is 2. The Bertz CT molecular complexity index is 876. The molecule has 0 atom stereocenters. The second kappa shape index (κ2) is 13.8. The summed E-state index contributed by atoms with van der Waals surface area (Å²) in [5, 5.41) is 0. The fraction of sp³-hybridized carbons (Fsp3) is 0.440. The molecule has 2 aromatic carbocycles. The predicted molar refractivity (Wildman–Crippen MR) is 126 cm³/mol. The summed E-state index contributed by atoms with van der Waals surface area (Å²) >= 11 is 3.49. The lowest BCUT2D eigenvalue weighted by Crippen LogP contribution is -2.10. The number of rotatable bonds is 13. The number of carbonyl (C=O) groups excluding carboxylic acids is 2. The number of carbonyl (C=O) groups is 2.